The van der Waals surface area contributed by atoms with E-state index >= 15 is 0 Å². The van der Waals surface area contributed by atoms with Crippen molar-refractivity contribution in [2.75, 3.05) is 0 Å². The summed E-state index contributed by atoms with van der Waals surface area (Å²) in [6.45, 7) is 7.44. The third-order valence-corrected chi connectivity index (χ3v) is 5.41. The minimum absolute atomic E-state index is 0.233. The molecule has 1 atom stereocenters. The van der Waals surface area contributed by atoms with E-state index in [0.29, 0.717) is 17.0 Å². The highest BCUT2D eigenvalue weighted by atomic mass is 32.1. The van der Waals surface area contributed by atoms with Gasteiger partial charge in [-0.25, -0.2) is 4.98 Å². The number of aryl methyl sites for hydroxylation is 1. The van der Waals surface area contributed by atoms with Crippen LogP contribution in [0.25, 0.3) is 10.6 Å². The van der Waals surface area contributed by atoms with Gasteiger partial charge in [0.05, 0.1) is 5.69 Å². The first-order chi connectivity index (χ1) is 10.7. The predicted molar refractivity (Wildman–Crippen MR) is 94.7 cm³/mol. The number of thiazole rings is 1. The maximum Gasteiger partial charge on any atom is 0.264 e. The number of rotatable bonds is 6. The van der Waals surface area contributed by atoms with Crippen molar-refractivity contribution in [3.63, 3.8) is 0 Å². The number of amides is 2. The maximum atomic E-state index is 12.6. The molecule has 5 nitrogen and oxygen atoms in total. The van der Waals surface area contributed by atoms with Crippen LogP contribution in [0.4, 0.5) is 0 Å². The SMILES string of the molecule is Cc1nc(-c2ccsc2)sc1C(=O)NC(C)(CC(C)C)C(N)=O. The van der Waals surface area contributed by atoms with Crippen LogP contribution >= 0.6 is 22.7 Å². The number of hydrogen-bond acceptors (Lipinski definition) is 5. The van der Waals surface area contributed by atoms with Crippen molar-refractivity contribution in [2.45, 2.75) is 39.7 Å². The average molecular weight is 351 g/mol. The molecule has 0 saturated heterocycles. The Labute approximate surface area is 143 Å². The van der Waals surface area contributed by atoms with Gasteiger partial charge in [-0.3, -0.25) is 9.59 Å². The van der Waals surface area contributed by atoms with E-state index in [2.05, 4.69) is 10.3 Å². The second-order valence-electron chi connectivity index (χ2n) is 6.19. The van der Waals surface area contributed by atoms with Gasteiger partial charge < -0.3 is 11.1 Å². The van der Waals surface area contributed by atoms with Crippen LogP contribution < -0.4 is 11.1 Å². The number of carbonyl (C=O) groups excluding carboxylic acids is 2. The van der Waals surface area contributed by atoms with Gasteiger partial charge in [0.25, 0.3) is 5.91 Å². The maximum absolute atomic E-state index is 12.6. The number of primary amides is 1. The first-order valence-electron chi connectivity index (χ1n) is 7.35. The molecule has 0 saturated carbocycles. The van der Waals surface area contributed by atoms with Crippen LogP contribution in [0.5, 0.6) is 0 Å². The van der Waals surface area contributed by atoms with Crippen LogP contribution in [0.3, 0.4) is 0 Å². The molecule has 0 aliphatic heterocycles. The fraction of sp³-hybridized carbons (Fsp3) is 0.438. The molecule has 1 unspecified atom stereocenters. The van der Waals surface area contributed by atoms with Gasteiger partial charge in [0.1, 0.15) is 15.4 Å². The smallest absolute Gasteiger partial charge is 0.264 e. The Morgan fingerprint density at radius 2 is 2.13 bits per heavy atom. The van der Waals surface area contributed by atoms with Gasteiger partial charge in [0, 0.05) is 10.9 Å². The molecular formula is C16H21N3O2S2. The Morgan fingerprint density at radius 3 is 2.65 bits per heavy atom. The largest absolute Gasteiger partial charge is 0.368 e. The van der Waals surface area contributed by atoms with Gasteiger partial charge in [-0.15, -0.1) is 11.3 Å². The van der Waals surface area contributed by atoms with Crippen molar-refractivity contribution in [2.24, 2.45) is 11.7 Å². The van der Waals surface area contributed by atoms with Crippen LogP contribution in [0.15, 0.2) is 16.8 Å². The highest BCUT2D eigenvalue weighted by Gasteiger charge is 2.34. The number of aromatic nitrogens is 1. The Bertz CT molecular complexity index is 707. The Kier molecular flexibility index (Phi) is 5.21. The summed E-state index contributed by atoms with van der Waals surface area (Å²) in [7, 11) is 0. The van der Waals surface area contributed by atoms with Gasteiger partial charge in [-0.1, -0.05) is 13.8 Å². The van der Waals surface area contributed by atoms with E-state index in [4.69, 9.17) is 5.73 Å². The molecule has 0 aliphatic carbocycles. The Hall–Kier alpha value is -1.73. The van der Waals surface area contributed by atoms with Crippen molar-refractivity contribution in [1.82, 2.24) is 10.3 Å². The zero-order chi connectivity index (χ0) is 17.2. The predicted octanol–water partition coefficient (Wildman–Crippen LogP) is 3.20. The molecule has 2 rings (SSSR count). The number of hydrogen-bond donors (Lipinski definition) is 2. The molecule has 2 aromatic heterocycles. The zero-order valence-electron chi connectivity index (χ0n) is 13.7. The molecule has 0 fully saturated rings. The fourth-order valence-corrected chi connectivity index (χ4v) is 4.13. The quantitative estimate of drug-likeness (QED) is 0.838. The number of thiophene rings is 1. The second-order valence-corrected chi connectivity index (χ2v) is 7.97. The standard InChI is InChI=1S/C16H21N3O2S2/c1-9(2)7-16(4,15(17)21)19-13(20)12-10(3)18-14(23-12)11-5-6-22-8-11/h5-6,8-9H,7H2,1-4H3,(H2,17,21)(H,19,20). The third kappa shape index (κ3) is 3.97. The number of nitrogens with two attached hydrogens (primary N) is 1. The Morgan fingerprint density at radius 1 is 1.43 bits per heavy atom. The average Bonchev–Trinajstić information content (AvgIpc) is 3.05. The van der Waals surface area contributed by atoms with Crippen molar-refractivity contribution < 1.29 is 9.59 Å². The highest BCUT2D eigenvalue weighted by Crippen LogP contribution is 2.30. The van der Waals surface area contributed by atoms with Crippen molar-refractivity contribution in [3.05, 3.63) is 27.4 Å². The number of nitrogens with one attached hydrogen (secondary N) is 1. The summed E-state index contributed by atoms with van der Waals surface area (Å²) in [4.78, 5) is 29.4. The van der Waals surface area contributed by atoms with Crippen molar-refractivity contribution in [3.8, 4) is 10.6 Å². The minimum Gasteiger partial charge on any atom is -0.368 e. The van der Waals surface area contributed by atoms with Crippen LogP contribution in [0.1, 0.15) is 42.6 Å². The number of nitrogens with zero attached hydrogens (tertiary/aromatic N) is 1. The van der Waals surface area contributed by atoms with E-state index in [0.717, 1.165) is 10.6 Å². The molecular weight excluding hydrogens is 330 g/mol. The lowest BCUT2D eigenvalue weighted by atomic mass is 9.90. The van der Waals surface area contributed by atoms with Gasteiger partial charge in [-0.05, 0) is 37.6 Å². The molecule has 0 radical (unpaired) electrons. The van der Waals surface area contributed by atoms with Crippen molar-refractivity contribution >= 4 is 34.5 Å². The van der Waals surface area contributed by atoms with E-state index in [1.165, 1.54) is 11.3 Å². The highest BCUT2D eigenvalue weighted by molar-refractivity contribution is 7.17. The van der Waals surface area contributed by atoms with E-state index < -0.39 is 11.4 Å². The molecule has 23 heavy (non-hydrogen) atoms. The lowest BCUT2D eigenvalue weighted by Gasteiger charge is -2.29. The topological polar surface area (TPSA) is 85.1 Å². The summed E-state index contributed by atoms with van der Waals surface area (Å²) < 4.78 is 0. The number of carbonyl (C=O) groups is 2. The van der Waals surface area contributed by atoms with Crippen LogP contribution in [-0.2, 0) is 4.79 Å². The zero-order valence-corrected chi connectivity index (χ0v) is 15.3. The van der Waals surface area contributed by atoms with Gasteiger partial charge in [0.15, 0.2) is 0 Å². The molecule has 0 aliphatic rings. The van der Waals surface area contributed by atoms with E-state index in [-0.39, 0.29) is 11.8 Å². The molecule has 0 bridgehead atoms. The second kappa shape index (κ2) is 6.80. The minimum atomic E-state index is -1.07. The van der Waals surface area contributed by atoms with Crippen molar-refractivity contribution in [1.29, 1.82) is 0 Å². The first kappa shape index (κ1) is 17.6. The summed E-state index contributed by atoms with van der Waals surface area (Å²) in [5.74, 6) is -0.597. The molecule has 2 heterocycles. The van der Waals surface area contributed by atoms with Crippen LogP contribution in [0.2, 0.25) is 0 Å². The summed E-state index contributed by atoms with van der Waals surface area (Å²) in [6, 6.07) is 1.97. The molecule has 2 amide bonds. The molecule has 7 heteroatoms. The first-order valence-corrected chi connectivity index (χ1v) is 9.11. The normalized spacial score (nSPS) is 13.8. The summed E-state index contributed by atoms with van der Waals surface area (Å²) in [5.41, 5.74) is 6.10. The van der Waals surface area contributed by atoms with Gasteiger partial charge in [0.2, 0.25) is 5.91 Å². The lowest BCUT2D eigenvalue weighted by Crippen LogP contribution is -2.56. The van der Waals surface area contributed by atoms with Crippen LogP contribution in [-0.4, -0.2) is 22.3 Å². The molecule has 3 N–H and O–H groups in total. The van der Waals surface area contributed by atoms with E-state index in [1.807, 2.05) is 30.7 Å². The molecule has 124 valence electrons. The molecule has 0 spiro atoms. The third-order valence-electron chi connectivity index (χ3n) is 3.52. The summed E-state index contributed by atoms with van der Waals surface area (Å²) >= 11 is 2.91. The van der Waals surface area contributed by atoms with Crippen LogP contribution in [0, 0.1) is 12.8 Å². The van der Waals surface area contributed by atoms with E-state index in [9.17, 15) is 9.59 Å². The molecule has 0 aromatic carbocycles. The van der Waals surface area contributed by atoms with Gasteiger partial charge >= 0.3 is 0 Å². The summed E-state index contributed by atoms with van der Waals surface area (Å²) in [6.07, 6.45) is 0.489. The van der Waals surface area contributed by atoms with E-state index in [1.54, 1.807) is 25.2 Å². The molecule has 2 aromatic rings. The Balaban J connectivity index is 2.25. The van der Waals surface area contributed by atoms with Gasteiger partial charge in [-0.2, -0.15) is 11.3 Å². The monoisotopic (exact) mass is 351 g/mol. The lowest BCUT2D eigenvalue weighted by molar-refractivity contribution is -0.124. The fourth-order valence-electron chi connectivity index (χ4n) is 2.45. The summed E-state index contributed by atoms with van der Waals surface area (Å²) in [5, 5.41) is 7.57.